The second-order valence-electron chi connectivity index (χ2n) is 10.1. The Bertz CT molecular complexity index is 1290. The van der Waals surface area contributed by atoms with E-state index in [1.54, 1.807) is 36.4 Å². The van der Waals surface area contributed by atoms with Crippen LogP contribution < -0.4 is 4.90 Å². The van der Waals surface area contributed by atoms with Crippen LogP contribution in [0.2, 0.25) is 0 Å². The van der Waals surface area contributed by atoms with Gasteiger partial charge >= 0.3 is 0 Å². The van der Waals surface area contributed by atoms with Crippen LogP contribution in [-0.2, 0) is 16.1 Å². The number of rotatable bonds is 6. The molecule has 3 aromatic rings. The van der Waals surface area contributed by atoms with Crippen LogP contribution in [0.15, 0.2) is 72.8 Å². The van der Waals surface area contributed by atoms with Crippen molar-refractivity contribution in [3.05, 3.63) is 101 Å². The van der Waals surface area contributed by atoms with Crippen molar-refractivity contribution in [3.63, 3.8) is 0 Å². The molecule has 0 bridgehead atoms. The third-order valence-corrected chi connectivity index (χ3v) is 7.54. The molecule has 8 heteroatoms. The van der Waals surface area contributed by atoms with E-state index in [0.29, 0.717) is 36.3 Å². The summed E-state index contributed by atoms with van der Waals surface area (Å²) in [7, 11) is 0. The van der Waals surface area contributed by atoms with Crippen molar-refractivity contribution in [1.82, 2.24) is 4.90 Å². The maximum absolute atomic E-state index is 12.9. The molecule has 2 fully saturated rings. The molecule has 8 nitrogen and oxygen atoms in total. The number of imide groups is 1. The van der Waals surface area contributed by atoms with E-state index in [1.165, 1.54) is 4.90 Å². The van der Waals surface area contributed by atoms with Gasteiger partial charge in [-0.05, 0) is 41.8 Å². The van der Waals surface area contributed by atoms with Crippen molar-refractivity contribution < 1.29 is 29.3 Å². The summed E-state index contributed by atoms with van der Waals surface area (Å²) in [5, 5.41) is 19.4. The lowest BCUT2D eigenvalue weighted by Crippen LogP contribution is -2.38. The fourth-order valence-electron chi connectivity index (χ4n) is 5.50. The number of benzene rings is 3. The Hall–Kier alpha value is -3.40. The first-order chi connectivity index (χ1) is 18.5. The second kappa shape index (κ2) is 10.4. The van der Waals surface area contributed by atoms with Gasteiger partial charge in [-0.1, -0.05) is 48.5 Å². The number of likely N-dealkylation sites (tertiary alicyclic amines) is 1. The summed E-state index contributed by atoms with van der Waals surface area (Å²) < 4.78 is 12.8. The molecule has 38 heavy (non-hydrogen) atoms. The number of fused-ring (bicyclic) bond motifs is 1. The number of nitrogens with zero attached hydrogens (tertiary/aromatic N) is 2. The van der Waals surface area contributed by atoms with E-state index in [9.17, 15) is 19.8 Å². The van der Waals surface area contributed by atoms with Crippen molar-refractivity contribution in [2.45, 2.75) is 44.1 Å². The monoisotopic (exact) mass is 514 g/mol. The van der Waals surface area contributed by atoms with Gasteiger partial charge in [0.15, 0.2) is 6.29 Å². The van der Waals surface area contributed by atoms with Crippen LogP contribution in [0, 0.1) is 0 Å². The summed E-state index contributed by atoms with van der Waals surface area (Å²) in [5.74, 6) is -0.662. The van der Waals surface area contributed by atoms with Gasteiger partial charge < -0.3 is 19.7 Å². The van der Waals surface area contributed by atoms with Gasteiger partial charge in [-0.2, -0.15) is 0 Å². The topological polar surface area (TPSA) is 99.5 Å². The van der Waals surface area contributed by atoms with Crippen LogP contribution in [0.1, 0.15) is 62.6 Å². The van der Waals surface area contributed by atoms with Crippen LogP contribution in [0.3, 0.4) is 0 Å². The van der Waals surface area contributed by atoms with E-state index in [4.69, 9.17) is 9.47 Å². The average molecular weight is 515 g/mol. The van der Waals surface area contributed by atoms with Crippen molar-refractivity contribution in [3.8, 4) is 0 Å². The van der Waals surface area contributed by atoms with Gasteiger partial charge in [-0.15, -0.1) is 0 Å². The number of hydrogen-bond acceptors (Lipinski definition) is 7. The van der Waals surface area contributed by atoms with Crippen LogP contribution >= 0.6 is 0 Å². The van der Waals surface area contributed by atoms with Crippen LogP contribution in [0.5, 0.6) is 0 Å². The minimum atomic E-state index is -0.639. The first kappa shape index (κ1) is 24.9. The number of amides is 2. The molecule has 0 spiro atoms. The van der Waals surface area contributed by atoms with E-state index in [2.05, 4.69) is 4.90 Å². The van der Waals surface area contributed by atoms with Gasteiger partial charge in [0.2, 0.25) is 0 Å². The molecule has 3 aliphatic heterocycles. The predicted octanol–water partition coefficient (Wildman–Crippen LogP) is 3.59. The lowest BCUT2D eigenvalue weighted by molar-refractivity contribution is -0.252. The maximum Gasteiger partial charge on any atom is 0.266 e. The lowest BCUT2D eigenvalue weighted by atomic mass is 9.99. The second-order valence-corrected chi connectivity index (χ2v) is 10.1. The molecule has 3 aromatic carbocycles. The lowest BCUT2D eigenvalue weighted by Gasteiger charge is -2.38. The van der Waals surface area contributed by atoms with E-state index in [-0.39, 0.29) is 36.7 Å². The third kappa shape index (κ3) is 4.77. The van der Waals surface area contributed by atoms with Gasteiger partial charge in [-0.25, -0.2) is 4.90 Å². The zero-order valence-corrected chi connectivity index (χ0v) is 20.9. The summed E-state index contributed by atoms with van der Waals surface area (Å²) in [6.07, 6.45) is 0.154. The Labute approximate surface area is 221 Å². The molecule has 2 amide bonds. The number of hydrogen-bond donors (Lipinski definition) is 2. The average Bonchev–Trinajstić information content (AvgIpc) is 3.48. The first-order valence-electron chi connectivity index (χ1n) is 13.0. The highest BCUT2D eigenvalue weighted by molar-refractivity contribution is 6.34. The minimum Gasteiger partial charge on any atom is -0.392 e. The van der Waals surface area contributed by atoms with E-state index in [0.717, 1.165) is 29.7 Å². The Kier molecular flexibility index (Phi) is 6.82. The van der Waals surface area contributed by atoms with Crippen LogP contribution in [0.25, 0.3) is 0 Å². The maximum atomic E-state index is 12.9. The zero-order valence-electron chi connectivity index (χ0n) is 20.9. The number of aliphatic hydroxyl groups is 2. The fourth-order valence-corrected chi connectivity index (χ4v) is 5.50. The Morgan fingerprint density at radius 2 is 1.50 bits per heavy atom. The molecule has 3 aliphatic rings. The molecule has 0 aromatic heterocycles. The molecule has 2 saturated heterocycles. The van der Waals surface area contributed by atoms with Crippen LogP contribution in [-0.4, -0.2) is 58.8 Å². The SMILES string of the molecule is O=C1c2ccccc2C(=O)N1c1ccc([C@@H]2O[C@H](CN3CC[C@H](O)C3)C[C@H](c3ccc(CO)cc3)O2)cc1. The van der Waals surface area contributed by atoms with Gasteiger partial charge in [0.25, 0.3) is 11.8 Å². The van der Waals surface area contributed by atoms with Crippen molar-refractivity contribution in [1.29, 1.82) is 0 Å². The largest absolute Gasteiger partial charge is 0.392 e. The zero-order chi connectivity index (χ0) is 26.2. The summed E-state index contributed by atoms with van der Waals surface area (Å²) in [4.78, 5) is 29.2. The van der Waals surface area contributed by atoms with Crippen LogP contribution in [0.4, 0.5) is 5.69 Å². The Balaban J connectivity index is 1.23. The molecule has 2 N–H and O–H groups in total. The van der Waals surface area contributed by atoms with Crippen molar-refractivity contribution >= 4 is 17.5 Å². The molecular formula is C30H30N2O6. The highest BCUT2D eigenvalue weighted by Crippen LogP contribution is 2.39. The smallest absolute Gasteiger partial charge is 0.266 e. The van der Waals surface area contributed by atoms with E-state index >= 15 is 0 Å². The highest BCUT2D eigenvalue weighted by atomic mass is 16.7. The Morgan fingerprint density at radius 1 is 0.842 bits per heavy atom. The summed E-state index contributed by atoms with van der Waals surface area (Å²) in [5.41, 5.74) is 3.94. The van der Waals surface area contributed by atoms with Gasteiger partial charge in [-0.3, -0.25) is 14.5 Å². The van der Waals surface area contributed by atoms with Crippen molar-refractivity contribution in [2.75, 3.05) is 24.5 Å². The van der Waals surface area contributed by atoms with Gasteiger partial charge in [0.1, 0.15) is 0 Å². The van der Waals surface area contributed by atoms with Gasteiger partial charge in [0.05, 0.1) is 41.7 Å². The number of β-amino-alcohol motifs (C(OH)–C–C–N with tert-alkyl or cyclic N) is 1. The first-order valence-corrected chi connectivity index (χ1v) is 13.0. The number of ether oxygens (including phenoxy) is 2. The van der Waals surface area contributed by atoms with Crippen molar-refractivity contribution in [2.24, 2.45) is 0 Å². The number of carbonyl (C=O) groups is 2. The third-order valence-electron chi connectivity index (χ3n) is 7.54. The molecular weight excluding hydrogens is 484 g/mol. The molecule has 196 valence electrons. The fraction of sp³-hybridized carbons (Fsp3) is 0.333. The molecule has 0 aliphatic carbocycles. The molecule has 0 radical (unpaired) electrons. The number of carbonyl (C=O) groups excluding carboxylic acids is 2. The normalized spacial score (nSPS) is 25.7. The molecule has 4 atom stereocenters. The molecule has 3 heterocycles. The summed E-state index contributed by atoms with van der Waals surface area (Å²) in [6.45, 7) is 2.14. The summed E-state index contributed by atoms with van der Waals surface area (Å²) >= 11 is 0. The van der Waals surface area contributed by atoms with E-state index in [1.807, 2.05) is 36.4 Å². The number of anilines is 1. The molecule has 0 saturated carbocycles. The molecule has 0 unspecified atom stereocenters. The Morgan fingerprint density at radius 3 is 2.11 bits per heavy atom. The quantitative estimate of drug-likeness (QED) is 0.485. The minimum absolute atomic E-state index is 0.0170. The standard InChI is InChI=1S/C30H30N2O6/c33-18-19-5-7-20(8-6-19)27-15-24(17-31-14-13-23(34)16-31)37-30(38-27)21-9-11-22(12-10-21)32-28(35)25-3-1-2-4-26(25)29(32)36/h1-12,23-24,27,30,33-34H,13-18H2/t23-,24-,27+,30+/m0/s1. The van der Waals surface area contributed by atoms with Gasteiger partial charge in [0, 0.05) is 31.6 Å². The molecule has 6 rings (SSSR count). The predicted molar refractivity (Wildman–Crippen MR) is 140 cm³/mol. The van der Waals surface area contributed by atoms with E-state index < -0.39 is 6.29 Å². The highest BCUT2D eigenvalue weighted by Gasteiger charge is 2.37. The summed E-state index contributed by atoms with van der Waals surface area (Å²) in [6, 6.07) is 21.7. The number of aliphatic hydroxyl groups excluding tert-OH is 2.